The van der Waals surface area contributed by atoms with E-state index in [1.165, 1.54) is 0 Å². The van der Waals surface area contributed by atoms with Gasteiger partial charge in [0.2, 0.25) is 3.79 Å². The first kappa shape index (κ1) is 17.9. The summed E-state index contributed by atoms with van der Waals surface area (Å²) in [6.07, 6.45) is 2.06. The number of hydrogen-bond acceptors (Lipinski definition) is 4. The van der Waals surface area contributed by atoms with Gasteiger partial charge in [-0.2, -0.15) is 0 Å². The Balaban J connectivity index is 2.07. The van der Waals surface area contributed by atoms with Gasteiger partial charge < -0.3 is 15.4 Å². The maximum absolute atomic E-state index is 11.5. The van der Waals surface area contributed by atoms with Gasteiger partial charge in [0.15, 0.2) is 0 Å². The topological polar surface area (TPSA) is 67.4 Å². The Kier molecular flexibility index (Phi) is 9.00. The van der Waals surface area contributed by atoms with Crippen LogP contribution in [0.3, 0.4) is 0 Å². The molecule has 6 heteroatoms. The molecule has 0 radical (unpaired) electrons. The lowest BCUT2D eigenvalue weighted by molar-refractivity contribution is -0.111. The van der Waals surface area contributed by atoms with Gasteiger partial charge in [0, 0.05) is 29.1 Å². The summed E-state index contributed by atoms with van der Waals surface area (Å²) in [7, 11) is 1.78. The fourth-order valence-electron chi connectivity index (χ4n) is 1.81. The maximum atomic E-state index is 11.5. The molecule has 0 bridgehead atoms. The summed E-state index contributed by atoms with van der Waals surface area (Å²) in [6, 6.07) is 9.45. The zero-order valence-electron chi connectivity index (χ0n) is 12.1. The first-order valence-electron chi connectivity index (χ1n) is 6.94. The Bertz CT molecular complexity index is 440. The number of carbonyl (C=O) groups excluding carboxylic acids is 2. The standard InChI is InChI=1S/C15H21IN2O3/c1-17-13(14(16)19)9-5-6-10-18-15(20)21-11-12-7-3-2-4-8-12/h2-4,7-8,13,17H,5-6,9-11H2,1H3,(H,18,20). The molecule has 1 aromatic carbocycles. The number of halogens is 1. The average Bonchev–Trinajstić information content (AvgIpc) is 2.49. The van der Waals surface area contributed by atoms with Crippen molar-refractivity contribution in [3.63, 3.8) is 0 Å². The summed E-state index contributed by atoms with van der Waals surface area (Å²) < 4.78 is 5.21. The molecule has 21 heavy (non-hydrogen) atoms. The zero-order valence-corrected chi connectivity index (χ0v) is 14.3. The number of nitrogens with one attached hydrogen (secondary N) is 2. The quantitative estimate of drug-likeness (QED) is 0.377. The van der Waals surface area contributed by atoms with Crippen molar-refractivity contribution in [2.24, 2.45) is 0 Å². The van der Waals surface area contributed by atoms with Gasteiger partial charge in [-0.3, -0.25) is 4.79 Å². The largest absolute Gasteiger partial charge is 0.445 e. The number of rotatable bonds is 9. The van der Waals surface area contributed by atoms with Crippen LogP contribution in [0.1, 0.15) is 24.8 Å². The van der Waals surface area contributed by atoms with E-state index in [1.54, 1.807) is 29.6 Å². The van der Waals surface area contributed by atoms with Crippen LogP contribution in [0.5, 0.6) is 0 Å². The van der Waals surface area contributed by atoms with Gasteiger partial charge in [-0.05, 0) is 31.9 Å². The highest BCUT2D eigenvalue weighted by Gasteiger charge is 2.12. The third-order valence-electron chi connectivity index (χ3n) is 3.02. The van der Waals surface area contributed by atoms with Gasteiger partial charge in [0.25, 0.3) is 0 Å². The van der Waals surface area contributed by atoms with Crippen LogP contribution in [0, 0.1) is 0 Å². The van der Waals surface area contributed by atoms with Crippen molar-refractivity contribution < 1.29 is 14.3 Å². The SMILES string of the molecule is CNC(CCCCNC(=O)OCc1ccccc1)C(=O)I. The number of unbranched alkanes of at least 4 members (excludes halogenated alkanes) is 1. The number of benzene rings is 1. The Morgan fingerprint density at radius 3 is 2.57 bits per heavy atom. The highest BCUT2D eigenvalue weighted by Crippen LogP contribution is 2.05. The molecule has 0 spiro atoms. The van der Waals surface area contributed by atoms with Crippen molar-refractivity contribution in [1.29, 1.82) is 0 Å². The van der Waals surface area contributed by atoms with E-state index in [1.807, 2.05) is 30.3 Å². The van der Waals surface area contributed by atoms with Crippen LogP contribution in [-0.2, 0) is 16.1 Å². The van der Waals surface area contributed by atoms with Gasteiger partial charge in [0.05, 0.1) is 6.04 Å². The van der Waals surface area contributed by atoms with E-state index in [0.717, 1.165) is 24.8 Å². The van der Waals surface area contributed by atoms with Gasteiger partial charge in [-0.15, -0.1) is 0 Å². The maximum Gasteiger partial charge on any atom is 0.407 e. The van der Waals surface area contributed by atoms with Gasteiger partial charge in [0.1, 0.15) is 6.61 Å². The van der Waals surface area contributed by atoms with Crippen LogP contribution in [0.4, 0.5) is 4.79 Å². The molecule has 0 fully saturated rings. The van der Waals surface area contributed by atoms with Crippen LogP contribution in [0.25, 0.3) is 0 Å². The monoisotopic (exact) mass is 404 g/mol. The van der Waals surface area contributed by atoms with Crippen LogP contribution >= 0.6 is 22.6 Å². The predicted octanol–water partition coefficient (Wildman–Crippen LogP) is 2.63. The molecule has 0 aliphatic rings. The molecule has 0 saturated carbocycles. The lowest BCUT2D eigenvalue weighted by Crippen LogP contribution is -2.31. The van der Waals surface area contributed by atoms with Gasteiger partial charge in [-0.1, -0.05) is 30.3 Å². The highest BCUT2D eigenvalue weighted by molar-refractivity contribution is 14.1. The third-order valence-corrected chi connectivity index (χ3v) is 3.78. The molecule has 1 aromatic rings. The Morgan fingerprint density at radius 1 is 1.24 bits per heavy atom. The Morgan fingerprint density at radius 2 is 1.95 bits per heavy atom. The van der Waals surface area contributed by atoms with Gasteiger partial charge in [-0.25, -0.2) is 4.79 Å². The van der Waals surface area contributed by atoms with Crippen molar-refractivity contribution in [2.45, 2.75) is 31.9 Å². The highest BCUT2D eigenvalue weighted by atomic mass is 127. The van der Waals surface area contributed by atoms with Crippen molar-refractivity contribution in [2.75, 3.05) is 13.6 Å². The Labute approximate surface area is 139 Å². The summed E-state index contributed by atoms with van der Waals surface area (Å²) in [6.45, 7) is 0.831. The second-order valence-electron chi connectivity index (χ2n) is 4.63. The molecule has 0 saturated heterocycles. The van der Waals surface area contributed by atoms with E-state index in [4.69, 9.17) is 4.74 Å². The normalized spacial score (nSPS) is 11.7. The molecule has 1 unspecified atom stereocenters. The molecule has 116 valence electrons. The number of amides is 1. The number of likely N-dealkylation sites (N-methyl/N-ethyl adjacent to an activating group) is 1. The van der Waals surface area contributed by atoms with Crippen LogP contribution in [-0.4, -0.2) is 29.5 Å². The number of alkyl carbamates (subject to hydrolysis) is 1. The second-order valence-corrected chi connectivity index (χ2v) is 5.69. The van der Waals surface area contributed by atoms with Crippen molar-refractivity contribution in [3.05, 3.63) is 35.9 Å². The van der Waals surface area contributed by atoms with E-state index in [9.17, 15) is 9.59 Å². The molecule has 5 nitrogen and oxygen atoms in total. The Hall–Kier alpha value is -1.15. The lowest BCUT2D eigenvalue weighted by Gasteiger charge is -2.11. The minimum Gasteiger partial charge on any atom is -0.445 e. The minimum absolute atomic E-state index is 0.101. The minimum atomic E-state index is -0.408. The summed E-state index contributed by atoms with van der Waals surface area (Å²) in [5.74, 6) is 0. The lowest BCUT2D eigenvalue weighted by atomic mass is 10.1. The summed E-state index contributed by atoms with van der Waals surface area (Å²) in [5, 5.41) is 5.68. The van der Waals surface area contributed by atoms with E-state index >= 15 is 0 Å². The molecule has 1 amide bonds. The number of ether oxygens (including phenoxy) is 1. The third kappa shape index (κ3) is 8.01. The predicted molar refractivity (Wildman–Crippen MR) is 90.4 cm³/mol. The number of hydrogen-bond donors (Lipinski definition) is 2. The van der Waals surface area contributed by atoms with E-state index in [2.05, 4.69) is 10.6 Å². The molecular weight excluding hydrogens is 383 g/mol. The number of carbonyl (C=O) groups is 2. The van der Waals surface area contributed by atoms with E-state index < -0.39 is 6.09 Å². The van der Waals surface area contributed by atoms with Crippen molar-refractivity contribution in [1.82, 2.24) is 10.6 Å². The molecule has 0 aromatic heterocycles. The summed E-state index contributed by atoms with van der Waals surface area (Å²) >= 11 is 1.80. The molecule has 1 atom stereocenters. The first-order chi connectivity index (χ1) is 10.1. The fraction of sp³-hybridized carbons (Fsp3) is 0.467. The van der Waals surface area contributed by atoms with Crippen LogP contribution < -0.4 is 10.6 Å². The first-order valence-corrected chi connectivity index (χ1v) is 8.02. The zero-order chi connectivity index (χ0) is 15.5. The molecule has 0 aliphatic carbocycles. The van der Waals surface area contributed by atoms with Gasteiger partial charge >= 0.3 is 6.09 Å². The molecular formula is C15H21IN2O3. The summed E-state index contributed by atoms with van der Waals surface area (Å²) in [5.41, 5.74) is 0.963. The summed E-state index contributed by atoms with van der Waals surface area (Å²) in [4.78, 5) is 22.7. The molecule has 1 rings (SSSR count). The molecule has 2 N–H and O–H groups in total. The molecule has 0 heterocycles. The molecule has 0 aliphatic heterocycles. The van der Waals surface area contributed by atoms with Crippen molar-refractivity contribution >= 4 is 32.5 Å². The van der Waals surface area contributed by atoms with Crippen LogP contribution in [0.2, 0.25) is 0 Å². The smallest absolute Gasteiger partial charge is 0.407 e. The second kappa shape index (κ2) is 10.6. The van der Waals surface area contributed by atoms with E-state index in [0.29, 0.717) is 6.54 Å². The van der Waals surface area contributed by atoms with E-state index in [-0.39, 0.29) is 16.4 Å². The van der Waals surface area contributed by atoms with Crippen molar-refractivity contribution in [3.8, 4) is 0 Å². The van der Waals surface area contributed by atoms with Crippen LogP contribution in [0.15, 0.2) is 30.3 Å². The fourth-order valence-corrected chi connectivity index (χ4v) is 2.43. The average molecular weight is 404 g/mol.